The van der Waals surface area contributed by atoms with Gasteiger partial charge in [0.1, 0.15) is 0 Å². The van der Waals surface area contributed by atoms with E-state index in [9.17, 15) is 10.1 Å². The van der Waals surface area contributed by atoms with Crippen LogP contribution in [0.1, 0.15) is 11.1 Å². The fourth-order valence-corrected chi connectivity index (χ4v) is 2.41. The first-order valence-electron chi connectivity index (χ1n) is 6.23. The maximum atomic E-state index is 10.9. The Morgan fingerprint density at radius 3 is 2.90 bits per heavy atom. The van der Waals surface area contributed by atoms with E-state index < -0.39 is 4.92 Å². The summed E-state index contributed by atoms with van der Waals surface area (Å²) < 4.78 is 5.57. The Labute approximate surface area is 130 Å². The van der Waals surface area contributed by atoms with Crippen LogP contribution in [0.2, 0.25) is 0 Å². The summed E-state index contributed by atoms with van der Waals surface area (Å²) in [6.45, 7) is 1.14. The maximum absolute atomic E-state index is 10.9. The van der Waals surface area contributed by atoms with Gasteiger partial charge in [0.05, 0.1) is 16.5 Å². The van der Waals surface area contributed by atoms with Gasteiger partial charge >= 0.3 is 0 Å². The lowest BCUT2D eigenvalue weighted by molar-refractivity contribution is -0.385. The van der Waals surface area contributed by atoms with Gasteiger partial charge in [0, 0.05) is 31.4 Å². The molecule has 1 aromatic carbocycles. The normalized spacial score (nSPS) is 10.4. The highest BCUT2D eigenvalue weighted by atomic mass is 79.9. The summed E-state index contributed by atoms with van der Waals surface area (Å²) in [5.41, 5.74) is 1.94. The number of methoxy groups -OCH3 is 1. The molecule has 0 aliphatic carbocycles. The fraction of sp³-hybridized carbons (Fsp3) is 0.214. The van der Waals surface area contributed by atoms with Crippen molar-refractivity contribution in [1.29, 1.82) is 0 Å². The first-order chi connectivity index (χ1) is 10.1. The third kappa shape index (κ3) is 3.99. The number of aromatic nitrogens is 1. The number of halogens is 1. The Morgan fingerprint density at radius 1 is 1.38 bits per heavy atom. The van der Waals surface area contributed by atoms with E-state index in [-0.39, 0.29) is 5.69 Å². The van der Waals surface area contributed by atoms with Crippen LogP contribution in [0, 0.1) is 10.1 Å². The summed E-state index contributed by atoms with van der Waals surface area (Å²) in [5.74, 6) is 0.561. The Bertz CT molecular complexity index is 649. The molecule has 0 saturated heterocycles. The minimum atomic E-state index is -0.401. The Hall–Kier alpha value is -1.99. The van der Waals surface area contributed by atoms with Gasteiger partial charge in [0.2, 0.25) is 5.88 Å². The average Bonchev–Trinajstić information content (AvgIpc) is 2.49. The second-order valence-corrected chi connectivity index (χ2v) is 5.11. The zero-order valence-electron chi connectivity index (χ0n) is 11.4. The van der Waals surface area contributed by atoms with Gasteiger partial charge in [-0.3, -0.25) is 10.1 Å². The molecule has 0 bridgehead atoms. The molecule has 6 nitrogen and oxygen atoms in total. The van der Waals surface area contributed by atoms with Crippen molar-refractivity contribution in [1.82, 2.24) is 10.3 Å². The van der Waals surface area contributed by atoms with Crippen molar-refractivity contribution in [2.24, 2.45) is 0 Å². The smallest absolute Gasteiger partial charge is 0.283 e. The average molecular weight is 352 g/mol. The van der Waals surface area contributed by atoms with Gasteiger partial charge in [-0.2, -0.15) is 0 Å². The van der Waals surface area contributed by atoms with Gasteiger partial charge in [0.15, 0.2) is 0 Å². The molecule has 0 aliphatic rings. The van der Waals surface area contributed by atoms with Crippen molar-refractivity contribution in [3.63, 3.8) is 0 Å². The monoisotopic (exact) mass is 351 g/mol. The molecule has 0 saturated carbocycles. The lowest BCUT2D eigenvalue weighted by atomic mass is 10.2. The summed E-state index contributed by atoms with van der Waals surface area (Å²) in [7, 11) is 1.57. The predicted octanol–water partition coefficient (Wildman–Crippen LogP) is 3.05. The van der Waals surface area contributed by atoms with Crippen LogP contribution in [-0.4, -0.2) is 17.0 Å². The number of nitro groups is 1. The Kier molecular flexibility index (Phi) is 5.24. The fourth-order valence-electron chi connectivity index (χ4n) is 1.86. The van der Waals surface area contributed by atoms with Crippen molar-refractivity contribution in [3.8, 4) is 5.88 Å². The number of pyridine rings is 1. The summed E-state index contributed by atoms with van der Waals surface area (Å²) in [5, 5.41) is 14.1. The van der Waals surface area contributed by atoms with Gasteiger partial charge in [-0.15, -0.1) is 0 Å². The van der Waals surface area contributed by atoms with Crippen LogP contribution in [-0.2, 0) is 13.1 Å². The van der Waals surface area contributed by atoms with Crippen molar-refractivity contribution < 1.29 is 9.66 Å². The molecule has 1 N–H and O–H groups in total. The van der Waals surface area contributed by atoms with E-state index in [2.05, 4.69) is 26.2 Å². The van der Waals surface area contributed by atoms with E-state index in [1.54, 1.807) is 19.4 Å². The van der Waals surface area contributed by atoms with E-state index >= 15 is 0 Å². The zero-order chi connectivity index (χ0) is 15.2. The number of nitro benzene ring substituents is 1. The van der Waals surface area contributed by atoms with Crippen molar-refractivity contribution in [3.05, 3.63) is 62.2 Å². The Morgan fingerprint density at radius 2 is 2.19 bits per heavy atom. The maximum Gasteiger partial charge on any atom is 0.283 e. The predicted molar refractivity (Wildman–Crippen MR) is 82.1 cm³/mol. The molecule has 110 valence electrons. The first-order valence-corrected chi connectivity index (χ1v) is 7.02. The molecule has 0 radical (unpaired) electrons. The van der Waals surface area contributed by atoms with Crippen molar-refractivity contribution >= 4 is 21.6 Å². The van der Waals surface area contributed by atoms with Gasteiger partial charge in [0.25, 0.3) is 5.69 Å². The summed E-state index contributed by atoms with van der Waals surface area (Å²) >= 11 is 3.28. The number of rotatable bonds is 6. The molecular formula is C14H14BrN3O3. The molecule has 2 aromatic rings. The van der Waals surface area contributed by atoms with E-state index in [1.165, 1.54) is 6.07 Å². The number of ether oxygens (including phenoxy) is 1. The van der Waals surface area contributed by atoms with Gasteiger partial charge in [-0.25, -0.2) is 4.98 Å². The van der Waals surface area contributed by atoms with E-state index in [0.717, 1.165) is 11.1 Å². The number of hydrogen-bond donors (Lipinski definition) is 1. The van der Waals surface area contributed by atoms with Crippen LogP contribution < -0.4 is 10.1 Å². The third-order valence-corrected chi connectivity index (χ3v) is 3.82. The van der Waals surface area contributed by atoms with E-state index in [0.29, 0.717) is 23.4 Å². The van der Waals surface area contributed by atoms with E-state index in [1.807, 2.05) is 18.2 Å². The summed E-state index contributed by atoms with van der Waals surface area (Å²) in [6, 6.07) is 8.72. The highest BCUT2D eigenvalue weighted by molar-refractivity contribution is 9.10. The third-order valence-electron chi connectivity index (χ3n) is 2.91. The standard InChI is InChI=1S/C14H14BrN3O3/c1-21-13-7-10(5-6-17-13)8-16-9-11-3-2-4-12(14(11)15)18(19)20/h2-7,16H,8-9H2,1H3. The number of hydrogen-bond acceptors (Lipinski definition) is 5. The second kappa shape index (κ2) is 7.14. The molecule has 0 spiro atoms. The molecule has 1 aromatic heterocycles. The number of benzene rings is 1. The minimum absolute atomic E-state index is 0.0693. The van der Waals surface area contributed by atoms with Crippen molar-refractivity contribution in [2.45, 2.75) is 13.1 Å². The molecule has 2 rings (SSSR count). The van der Waals surface area contributed by atoms with Crippen LogP contribution in [0.5, 0.6) is 5.88 Å². The van der Waals surface area contributed by atoms with Crippen LogP contribution in [0.3, 0.4) is 0 Å². The van der Waals surface area contributed by atoms with Crippen LogP contribution >= 0.6 is 15.9 Å². The SMILES string of the molecule is COc1cc(CNCc2cccc([N+](=O)[O-])c2Br)ccn1. The highest BCUT2D eigenvalue weighted by Crippen LogP contribution is 2.28. The Balaban J connectivity index is 2.00. The quantitative estimate of drug-likeness (QED) is 0.639. The molecular weight excluding hydrogens is 338 g/mol. The molecule has 7 heteroatoms. The van der Waals surface area contributed by atoms with Gasteiger partial charge in [-0.05, 0) is 33.1 Å². The zero-order valence-corrected chi connectivity index (χ0v) is 13.0. The van der Waals surface area contributed by atoms with Crippen LogP contribution in [0.25, 0.3) is 0 Å². The second-order valence-electron chi connectivity index (χ2n) is 4.32. The van der Waals surface area contributed by atoms with Crippen LogP contribution in [0.4, 0.5) is 5.69 Å². The van der Waals surface area contributed by atoms with E-state index in [4.69, 9.17) is 4.74 Å². The number of nitrogens with one attached hydrogen (secondary N) is 1. The van der Waals surface area contributed by atoms with Gasteiger partial charge < -0.3 is 10.1 Å². The largest absolute Gasteiger partial charge is 0.481 e. The molecule has 0 aliphatic heterocycles. The molecule has 21 heavy (non-hydrogen) atoms. The molecule has 1 heterocycles. The molecule has 0 atom stereocenters. The highest BCUT2D eigenvalue weighted by Gasteiger charge is 2.14. The van der Waals surface area contributed by atoms with Crippen LogP contribution in [0.15, 0.2) is 41.0 Å². The molecule has 0 amide bonds. The lowest BCUT2D eigenvalue weighted by Gasteiger charge is -2.08. The number of nitrogens with zero attached hydrogens (tertiary/aromatic N) is 2. The topological polar surface area (TPSA) is 77.3 Å². The molecule has 0 fully saturated rings. The summed E-state index contributed by atoms with van der Waals surface area (Å²) in [6.07, 6.45) is 1.68. The first kappa shape index (κ1) is 15.4. The van der Waals surface area contributed by atoms with Crippen molar-refractivity contribution in [2.75, 3.05) is 7.11 Å². The minimum Gasteiger partial charge on any atom is -0.481 e. The summed E-state index contributed by atoms with van der Waals surface area (Å²) in [4.78, 5) is 14.5. The lowest BCUT2D eigenvalue weighted by Crippen LogP contribution is -2.13. The van der Waals surface area contributed by atoms with Gasteiger partial charge in [-0.1, -0.05) is 12.1 Å². The molecule has 0 unspecified atom stereocenters.